The van der Waals surface area contributed by atoms with Gasteiger partial charge in [-0.25, -0.2) is 16.8 Å². The molecule has 3 N–H and O–H groups in total. The summed E-state index contributed by atoms with van der Waals surface area (Å²) < 4.78 is 50.1. The minimum atomic E-state index is -3.93. The Hall–Kier alpha value is -1.00. The summed E-state index contributed by atoms with van der Waals surface area (Å²) in [7, 11) is -7.38. The maximum Gasteiger partial charge on any atom is 0.243 e. The molecule has 1 heterocycles. The molecule has 1 aromatic carbocycles. The molecule has 0 aromatic heterocycles. The monoisotopic (exact) mass is 362 g/mol. The summed E-state index contributed by atoms with van der Waals surface area (Å²) in [6.07, 6.45) is -0.455. The van der Waals surface area contributed by atoms with Crippen LogP contribution in [0.5, 0.6) is 0 Å². The third kappa shape index (κ3) is 3.92. The number of aryl methyl sites for hydroxylation is 1. The normalized spacial score (nSPS) is 24.2. The summed E-state index contributed by atoms with van der Waals surface area (Å²) in [6, 6.07) is 5.42. The third-order valence-corrected chi connectivity index (χ3v) is 7.59. The lowest BCUT2D eigenvalue weighted by Gasteiger charge is -2.29. The molecule has 9 heteroatoms. The maximum absolute atomic E-state index is 12.8. The van der Waals surface area contributed by atoms with Gasteiger partial charge in [-0.1, -0.05) is 19.1 Å². The predicted octanol–water partition coefficient (Wildman–Crippen LogP) is -0.644. The summed E-state index contributed by atoms with van der Waals surface area (Å²) in [5.41, 5.74) is 6.49. The number of nitrogens with zero attached hydrogens (tertiary/aromatic N) is 1. The lowest BCUT2D eigenvalue weighted by Crippen LogP contribution is -2.48. The smallest absolute Gasteiger partial charge is 0.243 e. The molecule has 1 aliphatic rings. The second kappa shape index (κ2) is 6.86. The van der Waals surface area contributed by atoms with Gasteiger partial charge in [0.15, 0.2) is 9.84 Å². The van der Waals surface area contributed by atoms with Gasteiger partial charge in [0.05, 0.1) is 28.5 Å². The number of hydrogen-bond donors (Lipinski definition) is 2. The van der Waals surface area contributed by atoms with Crippen LogP contribution in [0.3, 0.4) is 0 Å². The van der Waals surface area contributed by atoms with Gasteiger partial charge < -0.3 is 10.8 Å². The Morgan fingerprint density at radius 2 is 1.87 bits per heavy atom. The van der Waals surface area contributed by atoms with Crippen molar-refractivity contribution in [3.63, 3.8) is 0 Å². The third-order valence-electron chi connectivity index (χ3n) is 3.95. The maximum atomic E-state index is 12.8. The molecule has 2 atom stereocenters. The van der Waals surface area contributed by atoms with Crippen LogP contribution in [0, 0.1) is 0 Å². The van der Waals surface area contributed by atoms with E-state index in [1.54, 1.807) is 12.1 Å². The Labute approximate surface area is 137 Å². The van der Waals surface area contributed by atoms with E-state index in [-0.39, 0.29) is 23.7 Å². The quantitative estimate of drug-likeness (QED) is 0.695. The number of aliphatic hydroxyl groups is 1. The van der Waals surface area contributed by atoms with E-state index in [1.807, 2.05) is 6.92 Å². The second-order valence-electron chi connectivity index (χ2n) is 5.61. The van der Waals surface area contributed by atoms with Crippen LogP contribution < -0.4 is 5.73 Å². The van der Waals surface area contributed by atoms with Crippen LogP contribution in [0.1, 0.15) is 12.5 Å². The van der Waals surface area contributed by atoms with Crippen molar-refractivity contribution in [2.75, 3.05) is 24.6 Å². The van der Waals surface area contributed by atoms with Crippen molar-refractivity contribution in [3.05, 3.63) is 29.8 Å². The number of sulfonamides is 1. The van der Waals surface area contributed by atoms with Crippen LogP contribution in [-0.2, 0) is 26.3 Å². The molecular formula is C14H22N2O5S2. The van der Waals surface area contributed by atoms with Gasteiger partial charge in [-0.2, -0.15) is 4.31 Å². The first kappa shape index (κ1) is 18.3. The minimum Gasteiger partial charge on any atom is -0.390 e. The topological polar surface area (TPSA) is 118 Å². The largest absolute Gasteiger partial charge is 0.390 e. The Kier molecular flexibility index (Phi) is 5.47. The van der Waals surface area contributed by atoms with Crippen molar-refractivity contribution in [2.24, 2.45) is 5.73 Å². The highest BCUT2D eigenvalue weighted by Crippen LogP contribution is 2.25. The number of benzene rings is 1. The molecule has 130 valence electrons. The highest BCUT2D eigenvalue weighted by Gasteiger charge is 2.44. The zero-order valence-electron chi connectivity index (χ0n) is 12.9. The van der Waals surface area contributed by atoms with Crippen molar-refractivity contribution in [3.8, 4) is 0 Å². The molecule has 1 fully saturated rings. The number of hydrogen-bond acceptors (Lipinski definition) is 6. The molecule has 1 saturated heterocycles. The van der Waals surface area contributed by atoms with Gasteiger partial charge in [0.25, 0.3) is 0 Å². The van der Waals surface area contributed by atoms with E-state index in [0.29, 0.717) is 0 Å². The van der Waals surface area contributed by atoms with Gasteiger partial charge in [0, 0.05) is 13.1 Å². The molecule has 7 nitrogen and oxygen atoms in total. The van der Waals surface area contributed by atoms with Gasteiger partial charge in [0.1, 0.15) is 0 Å². The van der Waals surface area contributed by atoms with Crippen LogP contribution in [0.25, 0.3) is 0 Å². The molecule has 0 amide bonds. The summed E-state index contributed by atoms with van der Waals surface area (Å²) in [5.74, 6) is -0.816. The van der Waals surface area contributed by atoms with Crippen molar-refractivity contribution >= 4 is 19.9 Å². The van der Waals surface area contributed by atoms with Gasteiger partial charge >= 0.3 is 0 Å². The fourth-order valence-electron chi connectivity index (χ4n) is 2.71. The number of nitrogens with two attached hydrogens (primary N) is 1. The molecule has 0 radical (unpaired) electrons. The zero-order chi connectivity index (χ0) is 17.3. The van der Waals surface area contributed by atoms with Crippen molar-refractivity contribution < 1.29 is 21.9 Å². The molecule has 23 heavy (non-hydrogen) atoms. The standard InChI is InChI=1S/C14H22N2O5S2/c1-2-11-3-5-12(6-4-11)23(20,21)16(8-7-15)13-9-22(18,19)10-14(13)17/h3-6,13-14,17H,2,7-10,15H2,1H3/t13-,14-/m0/s1. The van der Waals surface area contributed by atoms with Crippen LogP contribution in [0.15, 0.2) is 29.2 Å². The average molecular weight is 362 g/mol. The fourth-order valence-corrected chi connectivity index (χ4v) is 6.27. The summed E-state index contributed by atoms with van der Waals surface area (Å²) in [6.45, 7) is 1.95. The lowest BCUT2D eigenvalue weighted by molar-refractivity contribution is 0.129. The summed E-state index contributed by atoms with van der Waals surface area (Å²) >= 11 is 0. The molecule has 0 spiro atoms. The first-order chi connectivity index (χ1) is 10.7. The molecule has 0 bridgehead atoms. The van der Waals surface area contributed by atoms with E-state index >= 15 is 0 Å². The van der Waals surface area contributed by atoms with Gasteiger partial charge in [-0.15, -0.1) is 0 Å². The molecule has 0 unspecified atom stereocenters. The predicted molar refractivity (Wildman–Crippen MR) is 87.2 cm³/mol. The Balaban J connectivity index is 2.39. The van der Waals surface area contributed by atoms with E-state index in [4.69, 9.17) is 5.73 Å². The second-order valence-corrected chi connectivity index (χ2v) is 9.66. The highest BCUT2D eigenvalue weighted by atomic mass is 32.2. The molecular weight excluding hydrogens is 340 g/mol. The number of aliphatic hydroxyl groups excluding tert-OH is 1. The Morgan fingerprint density at radius 1 is 1.26 bits per heavy atom. The van der Waals surface area contributed by atoms with Gasteiger partial charge in [-0.3, -0.25) is 0 Å². The molecule has 0 saturated carbocycles. The molecule has 0 aliphatic carbocycles. The van der Waals surface area contributed by atoms with Crippen LogP contribution >= 0.6 is 0 Å². The van der Waals surface area contributed by atoms with E-state index in [2.05, 4.69) is 0 Å². The lowest BCUT2D eigenvalue weighted by atomic mass is 10.2. The SMILES string of the molecule is CCc1ccc(S(=O)(=O)N(CCN)[C@H]2CS(=O)(=O)C[C@@H]2O)cc1. The highest BCUT2D eigenvalue weighted by molar-refractivity contribution is 7.92. The van der Waals surface area contributed by atoms with E-state index in [9.17, 15) is 21.9 Å². The van der Waals surface area contributed by atoms with E-state index < -0.39 is 37.8 Å². The van der Waals surface area contributed by atoms with Crippen LogP contribution in [0.2, 0.25) is 0 Å². The summed E-state index contributed by atoms with van der Waals surface area (Å²) in [4.78, 5) is 0.0691. The minimum absolute atomic E-state index is 0.0372. The van der Waals surface area contributed by atoms with Crippen LogP contribution in [-0.4, -0.2) is 63.0 Å². The number of rotatable bonds is 6. The van der Waals surface area contributed by atoms with E-state index in [1.165, 1.54) is 12.1 Å². The first-order valence-electron chi connectivity index (χ1n) is 7.40. The first-order valence-corrected chi connectivity index (χ1v) is 10.7. The zero-order valence-corrected chi connectivity index (χ0v) is 14.6. The number of sulfone groups is 1. The van der Waals surface area contributed by atoms with Crippen molar-refractivity contribution in [1.29, 1.82) is 0 Å². The summed E-state index contributed by atoms with van der Waals surface area (Å²) in [5, 5.41) is 9.99. The van der Waals surface area contributed by atoms with Crippen molar-refractivity contribution in [2.45, 2.75) is 30.4 Å². The fraction of sp³-hybridized carbons (Fsp3) is 0.571. The molecule has 2 rings (SSSR count). The van der Waals surface area contributed by atoms with Crippen molar-refractivity contribution in [1.82, 2.24) is 4.31 Å². The average Bonchev–Trinajstić information content (AvgIpc) is 2.77. The molecule has 1 aromatic rings. The van der Waals surface area contributed by atoms with Gasteiger partial charge in [-0.05, 0) is 24.1 Å². The van der Waals surface area contributed by atoms with Crippen LogP contribution in [0.4, 0.5) is 0 Å². The van der Waals surface area contributed by atoms with Gasteiger partial charge in [0.2, 0.25) is 10.0 Å². The molecule has 1 aliphatic heterocycles. The Bertz CT molecular complexity index is 744. The Morgan fingerprint density at radius 3 is 2.30 bits per heavy atom. The van der Waals surface area contributed by atoms with E-state index in [0.717, 1.165) is 16.3 Å².